The number of carbonyl (C=O) groups excluding carboxylic acids is 2. The second-order valence-electron chi connectivity index (χ2n) is 9.46. The molecular weight excluding hydrogens is 447 g/mol. The number of carbonyl (C=O) groups is 2. The van der Waals surface area contributed by atoms with E-state index in [2.05, 4.69) is 15.7 Å². The van der Waals surface area contributed by atoms with E-state index in [1.807, 2.05) is 0 Å². The van der Waals surface area contributed by atoms with E-state index in [-0.39, 0.29) is 22.9 Å². The van der Waals surface area contributed by atoms with Gasteiger partial charge in [-0.1, -0.05) is 11.6 Å². The Morgan fingerprint density at radius 2 is 1.91 bits per heavy atom. The average molecular weight is 477 g/mol. The molecule has 0 spiro atoms. The van der Waals surface area contributed by atoms with Crippen LogP contribution in [0.4, 0.5) is 20.7 Å². The van der Waals surface area contributed by atoms with E-state index in [0.29, 0.717) is 47.1 Å². The molecule has 0 bridgehead atoms. The molecule has 4 rings (SSSR count). The summed E-state index contributed by atoms with van der Waals surface area (Å²) >= 11 is 5.84. The van der Waals surface area contributed by atoms with E-state index in [4.69, 9.17) is 17.3 Å². The minimum absolute atomic E-state index is 0.0628. The van der Waals surface area contributed by atoms with Crippen molar-refractivity contribution in [2.24, 2.45) is 24.8 Å². The van der Waals surface area contributed by atoms with Gasteiger partial charge in [0, 0.05) is 39.3 Å². The van der Waals surface area contributed by atoms with E-state index in [0.717, 1.165) is 25.7 Å². The number of aromatic nitrogens is 2. The number of amides is 3. The zero-order valence-electron chi connectivity index (χ0n) is 19.1. The Labute approximate surface area is 197 Å². The smallest absolute Gasteiger partial charge is 0.316 e. The van der Waals surface area contributed by atoms with Gasteiger partial charge in [-0.3, -0.25) is 9.48 Å². The van der Waals surface area contributed by atoms with Crippen LogP contribution in [0.3, 0.4) is 0 Å². The molecule has 178 valence electrons. The Kier molecular flexibility index (Phi) is 6.52. The zero-order valence-corrected chi connectivity index (χ0v) is 19.8. The standard InChI is InChI=1S/C23H30ClFN6O2/c1-30(2)23(33)27-11-12-6-13-8-15(9-14(13)7-12)20-19(21(26)31(3)29-20)22(32)28-16-4-5-18(25)17(24)10-16/h4-5,10,12-15H,6-9,11,26H2,1-3H3,(H,27,33)(H,28,32). The summed E-state index contributed by atoms with van der Waals surface area (Å²) < 4.78 is 15.0. The van der Waals surface area contributed by atoms with Crippen LogP contribution < -0.4 is 16.4 Å². The van der Waals surface area contributed by atoms with Gasteiger partial charge in [-0.05, 0) is 61.6 Å². The van der Waals surface area contributed by atoms with Crippen molar-refractivity contribution in [2.45, 2.75) is 31.6 Å². The molecule has 10 heteroatoms. The highest BCUT2D eigenvalue weighted by Gasteiger charge is 2.44. The van der Waals surface area contributed by atoms with Crippen LogP contribution >= 0.6 is 11.6 Å². The molecule has 2 unspecified atom stereocenters. The van der Waals surface area contributed by atoms with Gasteiger partial charge in [0.2, 0.25) is 0 Å². The first kappa shape index (κ1) is 23.4. The summed E-state index contributed by atoms with van der Waals surface area (Å²) in [5.74, 6) is 1.10. The van der Waals surface area contributed by atoms with Crippen LogP contribution in [0.2, 0.25) is 5.02 Å². The summed E-state index contributed by atoms with van der Waals surface area (Å²) in [6, 6.07) is 3.98. The SMILES string of the molecule is CN(C)C(=O)NCC1CC2CC(c3nn(C)c(N)c3C(=O)Nc3ccc(F)c(Cl)c3)CC2C1. The summed E-state index contributed by atoms with van der Waals surface area (Å²) in [7, 11) is 5.20. The van der Waals surface area contributed by atoms with E-state index in [1.54, 1.807) is 26.0 Å². The number of rotatable bonds is 5. The third kappa shape index (κ3) is 4.78. The van der Waals surface area contributed by atoms with E-state index in [1.165, 1.54) is 22.9 Å². The number of hydrogen-bond donors (Lipinski definition) is 3. The fourth-order valence-corrected chi connectivity index (χ4v) is 5.55. The quantitative estimate of drug-likeness (QED) is 0.609. The summed E-state index contributed by atoms with van der Waals surface area (Å²) in [4.78, 5) is 26.5. The first-order chi connectivity index (χ1) is 15.6. The van der Waals surface area contributed by atoms with Crippen molar-refractivity contribution < 1.29 is 14.0 Å². The van der Waals surface area contributed by atoms with Gasteiger partial charge < -0.3 is 21.3 Å². The van der Waals surface area contributed by atoms with E-state index < -0.39 is 5.82 Å². The molecule has 33 heavy (non-hydrogen) atoms. The lowest BCUT2D eigenvalue weighted by atomic mass is 9.93. The third-order valence-corrected chi connectivity index (χ3v) is 7.26. The fraction of sp³-hybridized carbons (Fsp3) is 0.522. The fourth-order valence-electron chi connectivity index (χ4n) is 5.37. The van der Waals surface area contributed by atoms with Crippen molar-refractivity contribution in [3.8, 4) is 0 Å². The second kappa shape index (κ2) is 9.21. The lowest BCUT2D eigenvalue weighted by molar-refractivity contribution is 0.102. The molecule has 2 atom stereocenters. The van der Waals surface area contributed by atoms with Gasteiger partial charge in [0.1, 0.15) is 17.2 Å². The zero-order chi connectivity index (χ0) is 23.9. The molecule has 0 aliphatic heterocycles. The van der Waals surface area contributed by atoms with Crippen molar-refractivity contribution in [2.75, 3.05) is 31.7 Å². The van der Waals surface area contributed by atoms with Crippen molar-refractivity contribution in [1.29, 1.82) is 0 Å². The van der Waals surface area contributed by atoms with E-state index >= 15 is 0 Å². The maximum absolute atomic E-state index is 13.5. The van der Waals surface area contributed by atoms with Crippen LogP contribution in [0.1, 0.15) is 47.7 Å². The molecule has 2 aliphatic carbocycles. The molecule has 3 amide bonds. The molecule has 2 aromatic rings. The van der Waals surface area contributed by atoms with Gasteiger partial charge in [0.05, 0.1) is 10.7 Å². The molecule has 2 aliphatic rings. The third-order valence-electron chi connectivity index (χ3n) is 6.97. The molecule has 4 N–H and O–H groups in total. The molecule has 1 heterocycles. The molecule has 8 nitrogen and oxygen atoms in total. The number of halogens is 2. The first-order valence-corrected chi connectivity index (χ1v) is 11.6. The highest BCUT2D eigenvalue weighted by molar-refractivity contribution is 6.31. The molecule has 0 radical (unpaired) electrons. The Morgan fingerprint density at radius 1 is 1.24 bits per heavy atom. The number of nitrogens with two attached hydrogens (primary N) is 1. The number of benzene rings is 1. The van der Waals surface area contributed by atoms with Crippen molar-refractivity contribution in [3.63, 3.8) is 0 Å². The average Bonchev–Trinajstić information content (AvgIpc) is 3.40. The Balaban J connectivity index is 1.44. The normalized spacial score (nSPS) is 23.9. The number of nitrogens with one attached hydrogen (secondary N) is 2. The van der Waals surface area contributed by atoms with Gasteiger partial charge in [-0.2, -0.15) is 5.10 Å². The lowest BCUT2D eigenvalue weighted by Gasteiger charge is -2.17. The monoisotopic (exact) mass is 476 g/mol. The van der Waals surface area contributed by atoms with Gasteiger partial charge in [0.25, 0.3) is 5.91 Å². The number of anilines is 2. The minimum atomic E-state index is -0.548. The molecule has 0 saturated heterocycles. The van der Waals surface area contributed by atoms with Crippen LogP contribution in [0, 0.1) is 23.6 Å². The van der Waals surface area contributed by atoms with Crippen LogP contribution in [0.15, 0.2) is 18.2 Å². The Hall–Kier alpha value is -2.81. The van der Waals surface area contributed by atoms with Crippen LogP contribution in [-0.4, -0.2) is 47.3 Å². The molecular formula is C23H30ClFN6O2. The maximum atomic E-state index is 13.5. The first-order valence-electron chi connectivity index (χ1n) is 11.2. The largest absolute Gasteiger partial charge is 0.383 e. The maximum Gasteiger partial charge on any atom is 0.316 e. The molecule has 1 aromatic carbocycles. The Morgan fingerprint density at radius 3 is 2.52 bits per heavy atom. The van der Waals surface area contributed by atoms with Crippen LogP contribution in [0.5, 0.6) is 0 Å². The number of aryl methyl sites for hydroxylation is 1. The lowest BCUT2D eigenvalue weighted by Crippen LogP contribution is -2.37. The van der Waals surface area contributed by atoms with Crippen LogP contribution in [0.25, 0.3) is 0 Å². The predicted octanol–water partition coefficient (Wildman–Crippen LogP) is 3.84. The van der Waals surface area contributed by atoms with Gasteiger partial charge in [-0.15, -0.1) is 0 Å². The molecule has 1 aromatic heterocycles. The summed E-state index contributed by atoms with van der Waals surface area (Å²) in [5.41, 5.74) is 7.70. The number of urea groups is 1. The summed E-state index contributed by atoms with van der Waals surface area (Å²) in [6.07, 6.45) is 4.02. The van der Waals surface area contributed by atoms with Crippen LogP contribution in [-0.2, 0) is 7.05 Å². The highest BCUT2D eigenvalue weighted by Crippen LogP contribution is 2.52. The highest BCUT2D eigenvalue weighted by atomic mass is 35.5. The molecule has 2 fully saturated rings. The molecule has 2 saturated carbocycles. The topological polar surface area (TPSA) is 105 Å². The summed E-state index contributed by atoms with van der Waals surface area (Å²) in [5, 5.41) is 10.3. The van der Waals surface area contributed by atoms with Crippen molar-refractivity contribution in [1.82, 2.24) is 20.0 Å². The van der Waals surface area contributed by atoms with Crippen molar-refractivity contribution >= 4 is 35.0 Å². The second-order valence-corrected chi connectivity index (χ2v) is 9.87. The minimum Gasteiger partial charge on any atom is -0.383 e. The van der Waals surface area contributed by atoms with Gasteiger partial charge >= 0.3 is 6.03 Å². The number of nitrogens with zero attached hydrogens (tertiary/aromatic N) is 3. The van der Waals surface area contributed by atoms with E-state index in [9.17, 15) is 14.0 Å². The predicted molar refractivity (Wildman–Crippen MR) is 126 cm³/mol. The van der Waals surface area contributed by atoms with Crippen molar-refractivity contribution in [3.05, 3.63) is 40.3 Å². The van der Waals surface area contributed by atoms with Gasteiger partial charge in [0.15, 0.2) is 0 Å². The number of nitrogen functional groups attached to an aromatic ring is 1. The number of fused-ring (bicyclic) bond motifs is 1. The summed E-state index contributed by atoms with van der Waals surface area (Å²) in [6.45, 7) is 0.694. The Bertz CT molecular complexity index is 1060. The number of hydrogen-bond acceptors (Lipinski definition) is 4. The van der Waals surface area contributed by atoms with Gasteiger partial charge in [-0.25, -0.2) is 9.18 Å².